The molecule has 1 saturated heterocycles. The van der Waals surface area contributed by atoms with E-state index in [0.29, 0.717) is 0 Å². The van der Waals surface area contributed by atoms with E-state index in [0.717, 1.165) is 7.05 Å². The number of nitrogens with one attached hydrogen (secondary N) is 1. The van der Waals surface area contributed by atoms with Crippen LogP contribution in [0.5, 0.6) is 0 Å². The third kappa shape index (κ3) is 2.77. The normalized spacial score (nSPS) is 27.6. The van der Waals surface area contributed by atoms with Crippen LogP contribution in [-0.2, 0) is 9.53 Å². The Morgan fingerprint density at radius 3 is 2.54 bits per heavy atom. The van der Waals surface area contributed by atoms with Gasteiger partial charge in [-0.3, -0.25) is 14.7 Å². The first-order valence-electron chi connectivity index (χ1n) is 7.04. The summed E-state index contributed by atoms with van der Waals surface area (Å²) in [5, 5.41) is 12.7. The highest BCUT2D eigenvalue weighted by Crippen LogP contribution is 2.46. The van der Waals surface area contributed by atoms with Gasteiger partial charge < -0.3 is 15.2 Å². The second-order valence-electron chi connectivity index (χ2n) is 5.22. The molecule has 1 aliphatic heterocycles. The summed E-state index contributed by atoms with van der Waals surface area (Å²) in [6, 6.07) is 0.0954. The highest BCUT2D eigenvalue weighted by atomic mass is 19.4. The van der Waals surface area contributed by atoms with Crippen molar-refractivity contribution in [1.82, 2.24) is 15.2 Å². The van der Waals surface area contributed by atoms with Crippen molar-refractivity contribution >= 4 is 12.0 Å². The lowest BCUT2D eigenvalue weighted by Crippen LogP contribution is -2.73. The van der Waals surface area contributed by atoms with E-state index in [9.17, 15) is 27.9 Å². The summed E-state index contributed by atoms with van der Waals surface area (Å²) in [6.07, 6.45) is -2.68. The van der Waals surface area contributed by atoms with E-state index in [1.165, 1.54) is 31.5 Å². The maximum atomic E-state index is 13.6. The molecule has 0 aromatic carbocycles. The van der Waals surface area contributed by atoms with Crippen molar-refractivity contribution < 1.29 is 32.6 Å². The standard InChI is InChI=1S/C14H16F3N3O4/c1-3-24-11(21)9-10(8-4-6-18-7-5-8)19-12(22)20(2)13(9,23)14(15,16)17/h4-7,9-10,23H,3H2,1-2H3,(H,19,22)/t9-,10-,13+/m0/s1. The molecular weight excluding hydrogens is 331 g/mol. The van der Waals surface area contributed by atoms with Gasteiger partial charge in [0, 0.05) is 19.4 Å². The summed E-state index contributed by atoms with van der Waals surface area (Å²) in [7, 11) is 0.762. The summed E-state index contributed by atoms with van der Waals surface area (Å²) in [6.45, 7) is 1.25. The van der Waals surface area contributed by atoms with Gasteiger partial charge in [0.2, 0.25) is 0 Å². The van der Waals surface area contributed by atoms with Crippen LogP contribution in [0.2, 0.25) is 0 Å². The average molecular weight is 347 g/mol. The second kappa shape index (κ2) is 6.27. The molecule has 3 atom stereocenters. The summed E-state index contributed by atoms with van der Waals surface area (Å²) < 4.78 is 45.5. The summed E-state index contributed by atoms with van der Waals surface area (Å²) >= 11 is 0. The fraction of sp³-hybridized carbons (Fsp3) is 0.500. The van der Waals surface area contributed by atoms with Crippen LogP contribution < -0.4 is 5.32 Å². The second-order valence-corrected chi connectivity index (χ2v) is 5.22. The van der Waals surface area contributed by atoms with Gasteiger partial charge >= 0.3 is 18.2 Å². The van der Waals surface area contributed by atoms with Gasteiger partial charge in [-0.05, 0) is 24.6 Å². The lowest BCUT2D eigenvalue weighted by molar-refractivity contribution is -0.328. The third-order valence-electron chi connectivity index (χ3n) is 3.88. The number of aliphatic hydroxyl groups is 1. The maximum absolute atomic E-state index is 13.6. The van der Waals surface area contributed by atoms with Crippen LogP contribution in [0.25, 0.3) is 0 Å². The minimum atomic E-state index is -5.28. The molecule has 2 amide bonds. The van der Waals surface area contributed by atoms with E-state index in [1.807, 2.05) is 0 Å². The first-order valence-corrected chi connectivity index (χ1v) is 7.04. The van der Waals surface area contributed by atoms with Gasteiger partial charge in [0.1, 0.15) is 5.92 Å². The quantitative estimate of drug-likeness (QED) is 0.802. The Morgan fingerprint density at radius 1 is 1.46 bits per heavy atom. The molecule has 7 nitrogen and oxygen atoms in total. The van der Waals surface area contributed by atoms with Gasteiger partial charge in [0.25, 0.3) is 5.72 Å². The fourth-order valence-electron chi connectivity index (χ4n) is 2.65. The zero-order valence-electron chi connectivity index (χ0n) is 12.9. The number of ether oxygens (including phenoxy) is 1. The molecule has 2 rings (SSSR count). The monoisotopic (exact) mass is 347 g/mol. The number of carbonyl (C=O) groups is 2. The summed E-state index contributed by atoms with van der Waals surface area (Å²) in [4.78, 5) is 28.0. The van der Waals surface area contributed by atoms with Gasteiger partial charge in [0.05, 0.1) is 12.6 Å². The van der Waals surface area contributed by atoms with E-state index in [4.69, 9.17) is 4.74 Å². The van der Waals surface area contributed by atoms with Crippen LogP contribution in [-0.4, -0.2) is 52.5 Å². The number of urea groups is 1. The van der Waals surface area contributed by atoms with Crippen molar-refractivity contribution in [3.63, 3.8) is 0 Å². The molecule has 0 radical (unpaired) electrons. The van der Waals surface area contributed by atoms with Gasteiger partial charge in [-0.1, -0.05) is 0 Å². The maximum Gasteiger partial charge on any atom is 0.437 e. The predicted molar refractivity (Wildman–Crippen MR) is 74.4 cm³/mol. The minimum Gasteiger partial charge on any atom is -0.466 e. The number of hydrogen-bond donors (Lipinski definition) is 2. The highest BCUT2D eigenvalue weighted by Gasteiger charge is 2.69. The van der Waals surface area contributed by atoms with Crippen LogP contribution in [0.4, 0.5) is 18.0 Å². The lowest BCUT2D eigenvalue weighted by atomic mass is 9.81. The van der Waals surface area contributed by atoms with Crippen molar-refractivity contribution in [2.45, 2.75) is 24.9 Å². The van der Waals surface area contributed by atoms with Crippen molar-refractivity contribution in [2.24, 2.45) is 5.92 Å². The van der Waals surface area contributed by atoms with Gasteiger partial charge in [-0.25, -0.2) is 4.79 Å². The van der Waals surface area contributed by atoms with Gasteiger partial charge in [0.15, 0.2) is 0 Å². The van der Waals surface area contributed by atoms with Crippen LogP contribution in [0, 0.1) is 5.92 Å². The number of pyridine rings is 1. The molecular formula is C14H16F3N3O4. The molecule has 1 aromatic rings. The number of carbonyl (C=O) groups excluding carboxylic acids is 2. The Bertz CT molecular complexity index is 625. The van der Waals surface area contributed by atoms with Crippen LogP contribution in [0.1, 0.15) is 18.5 Å². The number of halogens is 3. The third-order valence-corrected chi connectivity index (χ3v) is 3.88. The van der Waals surface area contributed by atoms with Gasteiger partial charge in [-0.2, -0.15) is 13.2 Å². The highest BCUT2D eigenvalue weighted by molar-refractivity contribution is 5.83. The molecule has 1 aliphatic rings. The molecule has 1 aromatic heterocycles. The van der Waals surface area contributed by atoms with Gasteiger partial charge in [-0.15, -0.1) is 0 Å². The topological polar surface area (TPSA) is 91.8 Å². The number of amides is 2. The summed E-state index contributed by atoms with van der Waals surface area (Å²) in [5.74, 6) is -3.38. The molecule has 0 unspecified atom stereocenters. The SMILES string of the molecule is CCOC(=O)[C@@H]1[C@H](c2ccncc2)NC(=O)N(C)[C@]1(O)C(F)(F)F. The van der Waals surface area contributed by atoms with E-state index in [2.05, 4.69) is 10.3 Å². The molecule has 2 heterocycles. The number of esters is 1. The Hall–Kier alpha value is -2.36. The predicted octanol–water partition coefficient (Wildman–Crippen LogP) is 1.21. The summed E-state index contributed by atoms with van der Waals surface area (Å²) in [5.41, 5.74) is -3.53. The average Bonchev–Trinajstić information content (AvgIpc) is 2.52. The number of rotatable bonds is 3. The smallest absolute Gasteiger partial charge is 0.437 e. The first kappa shape index (κ1) is 18.0. The van der Waals surface area contributed by atoms with E-state index in [-0.39, 0.29) is 17.1 Å². The van der Waals surface area contributed by atoms with Crippen LogP contribution >= 0.6 is 0 Å². The minimum absolute atomic E-state index is 0.0618. The number of nitrogens with zero attached hydrogens (tertiary/aromatic N) is 2. The molecule has 0 saturated carbocycles. The Labute approximate surface area is 135 Å². The zero-order chi connectivity index (χ0) is 18.1. The molecule has 2 N–H and O–H groups in total. The Balaban J connectivity index is 2.61. The van der Waals surface area contributed by atoms with Crippen LogP contribution in [0.3, 0.4) is 0 Å². The first-order chi connectivity index (χ1) is 11.1. The molecule has 10 heteroatoms. The lowest BCUT2D eigenvalue weighted by Gasteiger charge is -2.49. The number of aromatic nitrogens is 1. The van der Waals surface area contributed by atoms with Crippen molar-refractivity contribution in [1.29, 1.82) is 0 Å². The molecule has 0 bridgehead atoms. The van der Waals surface area contributed by atoms with Crippen molar-refractivity contribution in [3.8, 4) is 0 Å². The largest absolute Gasteiger partial charge is 0.466 e. The van der Waals surface area contributed by atoms with E-state index >= 15 is 0 Å². The zero-order valence-corrected chi connectivity index (χ0v) is 12.9. The Kier molecular flexibility index (Phi) is 4.70. The van der Waals surface area contributed by atoms with E-state index in [1.54, 1.807) is 0 Å². The molecule has 0 spiro atoms. The van der Waals surface area contributed by atoms with Crippen molar-refractivity contribution in [3.05, 3.63) is 30.1 Å². The fourth-order valence-corrected chi connectivity index (χ4v) is 2.65. The molecule has 132 valence electrons. The van der Waals surface area contributed by atoms with Crippen molar-refractivity contribution in [2.75, 3.05) is 13.7 Å². The number of alkyl halides is 3. The van der Waals surface area contributed by atoms with E-state index < -0.39 is 35.9 Å². The molecule has 1 fully saturated rings. The molecule has 0 aliphatic carbocycles. The molecule has 24 heavy (non-hydrogen) atoms. The van der Waals surface area contributed by atoms with Crippen LogP contribution in [0.15, 0.2) is 24.5 Å². The number of hydrogen-bond acceptors (Lipinski definition) is 5. The Morgan fingerprint density at radius 2 is 2.04 bits per heavy atom.